The molecule has 5 nitrogen and oxygen atoms in total. The van der Waals surface area contributed by atoms with Crippen LogP contribution in [0.4, 0.5) is 0 Å². The number of nitrogens with zero attached hydrogens (tertiary/aromatic N) is 2. The van der Waals surface area contributed by atoms with E-state index >= 15 is 0 Å². The molecule has 1 aliphatic rings. The summed E-state index contributed by atoms with van der Waals surface area (Å²) in [6.45, 7) is 3.94. The summed E-state index contributed by atoms with van der Waals surface area (Å²) in [7, 11) is 1.87. The van der Waals surface area contributed by atoms with Crippen LogP contribution in [0.15, 0.2) is 6.20 Å². The summed E-state index contributed by atoms with van der Waals surface area (Å²) in [6.07, 6.45) is 2.88. The number of nitrogens with one attached hydrogen (secondary N) is 1. The largest absolute Gasteiger partial charge is 0.296 e. The maximum absolute atomic E-state index is 11.8. The van der Waals surface area contributed by atoms with Crippen molar-refractivity contribution in [2.75, 3.05) is 0 Å². The number of hydrogen-bond acceptors (Lipinski definition) is 3. The molecule has 2 heterocycles. The molecule has 1 saturated heterocycles. The first-order valence-corrected chi connectivity index (χ1v) is 5.86. The summed E-state index contributed by atoms with van der Waals surface area (Å²) in [4.78, 5) is 23.3. The number of carbonyl (C=O) groups excluding carboxylic acids is 2. The van der Waals surface area contributed by atoms with Gasteiger partial charge in [0, 0.05) is 31.0 Å². The van der Waals surface area contributed by atoms with Crippen molar-refractivity contribution in [2.45, 2.75) is 32.6 Å². The summed E-state index contributed by atoms with van der Waals surface area (Å²) in [5.41, 5.74) is 2.04. The zero-order valence-corrected chi connectivity index (χ0v) is 10.4. The van der Waals surface area contributed by atoms with Crippen molar-refractivity contribution in [2.24, 2.45) is 13.0 Å². The first-order chi connectivity index (χ1) is 8.04. The number of amides is 2. The Hall–Kier alpha value is -1.65. The molecule has 1 aromatic rings. The van der Waals surface area contributed by atoms with E-state index in [2.05, 4.69) is 10.4 Å². The monoisotopic (exact) mass is 235 g/mol. The summed E-state index contributed by atoms with van der Waals surface area (Å²) in [6, 6.07) is 0. The molecule has 0 spiro atoms. The van der Waals surface area contributed by atoms with E-state index in [0.29, 0.717) is 6.42 Å². The van der Waals surface area contributed by atoms with E-state index in [1.807, 2.05) is 20.9 Å². The van der Waals surface area contributed by atoms with Gasteiger partial charge >= 0.3 is 0 Å². The molecule has 2 rings (SSSR count). The molecule has 2 atom stereocenters. The molecule has 5 heteroatoms. The topological polar surface area (TPSA) is 64.0 Å². The van der Waals surface area contributed by atoms with Gasteiger partial charge in [0.2, 0.25) is 11.8 Å². The molecule has 1 aromatic heterocycles. The van der Waals surface area contributed by atoms with Gasteiger partial charge in [-0.15, -0.1) is 0 Å². The van der Waals surface area contributed by atoms with E-state index < -0.39 is 0 Å². The first-order valence-electron chi connectivity index (χ1n) is 5.86. The Morgan fingerprint density at radius 3 is 2.76 bits per heavy atom. The fourth-order valence-electron chi connectivity index (χ4n) is 2.48. The molecule has 1 aliphatic heterocycles. The van der Waals surface area contributed by atoms with E-state index in [-0.39, 0.29) is 23.7 Å². The zero-order valence-electron chi connectivity index (χ0n) is 10.4. The Labute approximate surface area is 100 Å². The predicted molar refractivity (Wildman–Crippen MR) is 62.2 cm³/mol. The van der Waals surface area contributed by atoms with Crippen LogP contribution in [0.1, 0.15) is 36.9 Å². The van der Waals surface area contributed by atoms with Crippen LogP contribution in [0.5, 0.6) is 0 Å². The van der Waals surface area contributed by atoms with E-state index in [4.69, 9.17) is 0 Å². The van der Waals surface area contributed by atoms with Gasteiger partial charge in [-0.3, -0.25) is 19.6 Å². The van der Waals surface area contributed by atoms with Gasteiger partial charge < -0.3 is 0 Å². The van der Waals surface area contributed by atoms with Gasteiger partial charge in [-0.2, -0.15) is 5.10 Å². The van der Waals surface area contributed by atoms with Crippen molar-refractivity contribution in [3.8, 4) is 0 Å². The van der Waals surface area contributed by atoms with Gasteiger partial charge in [-0.05, 0) is 18.9 Å². The average Bonchev–Trinajstić information content (AvgIpc) is 2.59. The SMILES string of the molecule is CCC1C(=O)NC(=O)CC1c1cnn(C)c1C. The van der Waals surface area contributed by atoms with Crippen LogP contribution in [0.2, 0.25) is 0 Å². The Morgan fingerprint density at radius 1 is 1.53 bits per heavy atom. The molecule has 0 radical (unpaired) electrons. The minimum absolute atomic E-state index is 0.0325. The van der Waals surface area contributed by atoms with Crippen molar-refractivity contribution in [1.29, 1.82) is 0 Å². The predicted octanol–water partition coefficient (Wildman–Crippen LogP) is 0.885. The van der Waals surface area contributed by atoms with Gasteiger partial charge in [-0.1, -0.05) is 6.92 Å². The molecule has 2 amide bonds. The van der Waals surface area contributed by atoms with Gasteiger partial charge in [0.25, 0.3) is 0 Å². The number of imide groups is 1. The molecule has 0 saturated carbocycles. The molecule has 1 N–H and O–H groups in total. The fraction of sp³-hybridized carbons (Fsp3) is 0.583. The number of aromatic nitrogens is 2. The summed E-state index contributed by atoms with van der Waals surface area (Å²) >= 11 is 0. The van der Waals surface area contributed by atoms with Gasteiger partial charge in [-0.25, -0.2) is 0 Å². The van der Waals surface area contributed by atoms with Crippen molar-refractivity contribution < 1.29 is 9.59 Å². The van der Waals surface area contributed by atoms with Crippen LogP contribution >= 0.6 is 0 Å². The quantitative estimate of drug-likeness (QED) is 0.774. The summed E-state index contributed by atoms with van der Waals surface area (Å²) in [5, 5.41) is 6.59. The van der Waals surface area contributed by atoms with E-state index in [1.54, 1.807) is 10.9 Å². The van der Waals surface area contributed by atoms with Crippen LogP contribution in [0, 0.1) is 12.8 Å². The molecule has 0 aliphatic carbocycles. The maximum Gasteiger partial charge on any atom is 0.230 e. The third-order valence-corrected chi connectivity index (χ3v) is 3.60. The van der Waals surface area contributed by atoms with Crippen molar-refractivity contribution in [3.05, 3.63) is 17.5 Å². The van der Waals surface area contributed by atoms with Crippen LogP contribution in [-0.4, -0.2) is 21.6 Å². The van der Waals surface area contributed by atoms with Crippen molar-refractivity contribution in [1.82, 2.24) is 15.1 Å². The smallest absolute Gasteiger partial charge is 0.230 e. The molecule has 0 bridgehead atoms. The Kier molecular flexibility index (Phi) is 3.00. The lowest BCUT2D eigenvalue weighted by molar-refractivity contribution is -0.137. The maximum atomic E-state index is 11.8. The van der Waals surface area contributed by atoms with Crippen molar-refractivity contribution in [3.63, 3.8) is 0 Å². The highest BCUT2D eigenvalue weighted by Gasteiger charge is 2.36. The normalized spacial score (nSPS) is 24.9. The average molecular weight is 235 g/mol. The lowest BCUT2D eigenvalue weighted by Crippen LogP contribution is -2.44. The second kappa shape index (κ2) is 4.31. The van der Waals surface area contributed by atoms with E-state index in [1.165, 1.54) is 0 Å². The van der Waals surface area contributed by atoms with Crippen LogP contribution in [0.25, 0.3) is 0 Å². The lowest BCUT2D eigenvalue weighted by atomic mass is 9.79. The van der Waals surface area contributed by atoms with E-state index in [9.17, 15) is 9.59 Å². The molecule has 1 fully saturated rings. The fourth-order valence-corrected chi connectivity index (χ4v) is 2.48. The van der Waals surface area contributed by atoms with Crippen molar-refractivity contribution >= 4 is 11.8 Å². The summed E-state index contributed by atoms with van der Waals surface area (Å²) in [5.74, 6) is -0.504. The van der Waals surface area contributed by atoms with Gasteiger partial charge in [0.15, 0.2) is 0 Å². The Bertz CT molecular complexity index is 464. The van der Waals surface area contributed by atoms with Gasteiger partial charge in [0.1, 0.15) is 0 Å². The highest BCUT2D eigenvalue weighted by atomic mass is 16.2. The summed E-state index contributed by atoms with van der Waals surface area (Å²) < 4.78 is 1.78. The number of piperidine rings is 1. The number of hydrogen-bond donors (Lipinski definition) is 1. The third kappa shape index (κ3) is 1.97. The Morgan fingerprint density at radius 2 is 2.24 bits per heavy atom. The molecular formula is C12H17N3O2. The van der Waals surface area contributed by atoms with Gasteiger partial charge in [0.05, 0.1) is 6.20 Å². The zero-order chi connectivity index (χ0) is 12.6. The molecular weight excluding hydrogens is 218 g/mol. The molecule has 0 aromatic carbocycles. The second-order valence-corrected chi connectivity index (χ2v) is 4.55. The van der Waals surface area contributed by atoms with Crippen LogP contribution < -0.4 is 5.32 Å². The third-order valence-electron chi connectivity index (χ3n) is 3.60. The molecule has 17 heavy (non-hydrogen) atoms. The van der Waals surface area contributed by atoms with Crippen LogP contribution in [0.3, 0.4) is 0 Å². The highest BCUT2D eigenvalue weighted by Crippen LogP contribution is 2.34. The number of rotatable bonds is 2. The minimum Gasteiger partial charge on any atom is -0.296 e. The van der Waals surface area contributed by atoms with Crippen LogP contribution in [-0.2, 0) is 16.6 Å². The minimum atomic E-state index is -0.187. The highest BCUT2D eigenvalue weighted by molar-refractivity contribution is 5.99. The second-order valence-electron chi connectivity index (χ2n) is 4.55. The first kappa shape index (κ1) is 11.8. The number of carbonyl (C=O) groups is 2. The Balaban J connectivity index is 2.37. The molecule has 2 unspecified atom stereocenters. The lowest BCUT2D eigenvalue weighted by Gasteiger charge is -2.29. The molecule has 92 valence electrons. The van der Waals surface area contributed by atoms with E-state index in [0.717, 1.165) is 17.7 Å². The number of aryl methyl sites for hydroxylation is 1. The standard InChI is InChI=1S/C12H17N3O2/c1-4-8-9(5-11(16)14-12(8)17)10-6-13-15(3)7(10)2/h6,8-9H,4-5H2,1-3H3,(H,14,16,17).